The van der Waals surface area contributed by atoms with E-state index in [4.69, 9.17) is 4.74 Å². The normalized spacial score (nSPS) is 18.2. The monoisotopic (exact) mass is 461 g/mol. The van der Waals surface area contributed by atoms with E-state index in [0.717, 1.165) is 5.56 Å². The highest BCUT2D eigenvalue weighted by atomic mass is 79.9. The Balaban J connectivity index is 2.14. The van der Waals surface area contributed by atoms with Crippen LogP contribution in [-0.4, -0.2) is 34.5 Å². The van der Waals surface area contributed by atoms with Crippen LogP contribution in [0.5, 0.6) is 0 Å². The zero-order valence-electron chi connectivity index (χ0n) is 16.2. The van der Waals surface area contributed by atoms with E-state index in [1.165, 1.54) is 0 Å². The van der Waals surface area contributed by atoms with Gasteiger partial charge in [-0.3, -0.25) is 4.79 Å². The lowest BCUT2D eigenvalue weighted by Crippen LogP contribution is -2.51. The van der Waals surface area contributed by atoms with E-state index in [1.54, 1.807) is 39.1 Å². The molecule has 2 N–H and O–H groups in total. The van der Waals surface area contributed by atoms with Crippen LogP contribution in [0.15, 0.2) is 18.3 Å². The second-order valence-corrected chi connectivity index (χ2v) is 8.55. The van der Waals surface area contributed by atoms with Crippen LogP contribution in [0.1, 0.15) is 52.0 Å². The fourth-order valence-corrected chi connectivity index (χ4v) is 3.41. The van der Waals surface area contributed by atoms with Gasteiger partial charge in [0.1, 0.15) is 17.5 Å². The number of ether oxygens (including phenoxy) is 1. The van der Waals surface area contributed by atoms with Crippen LogP contribution in [0.3, 0.4) is 0 Å². The Kier molecular flexibility index (Phi) is 7.36. The van der Waals surface area contributed by atoms with Gasteiger partial charge in [-0.15, -0.1) is 0 Å². The third kappa shape index (κ3) is 7.00. The second kappa shape index (κ2) is 9.15. The number of rotatable bonds is 5. The van der Waals surface area contributed by atoms with Gasteiger partial charge in [0.2, 0.25) is 11.8 Å². The zero-order valence-corrected chi connectivity index (χ0v) is 17.8. The summed E-state index contributed by atoms with van der Waals surface area (Å²) in [6.45, 7) is 5.12. The smallest absolute Gasteiger partial charge is 0.408 e. The molecular formula is C19H26BrF2N3O3. The van der Waals surface area contributed by atoms with Crippen LogP contribution >= 0.6 is 15.9 Å². The van der Waals surface area contributed by atoms with Gasteiger partial charge in [0.15, 0.2) is 0 Å². The molecular weight excluding hydrogens is 436 g/mol. The lowest BCUT2D eigenvalue weighted by atomic mass is 9.81. The molecule has 0 aliphatic heterocycles. The maximum absolute atomic E-state index is 13.5. The largest absolute Gasteiger partial charge is 0.444 e. The molecule has 1 saturated carbocycles. The standard InChI is InChI=1S/C19H26BrF2N3O3/c1-18(2,3)28-17(27)25-15(13-4-7-19(21,22)8-5-13)16(26)24-14-10-12(11-20)6-9-23-14/h6,9-10,13,15H,4-5,7-8,11H2,1-3H3,(H,25,27)(H,23,24,26)/t15-/m0/s1. The topological polar surface area (TPSA) is 80.3 Å². The van der Waals surface area contributed by atoms with Crippen molar-refractivity contribution in [1.82, 2.24) is 10.3 Å². The first kappa shape index (κ1) is 22.5. The summed E-state index contributed by atoms with van der Waals surface area (Å²) in [6.07, 6.45) is 0.450. The maximum Gasteiger partial charge on any atom is 0.408 e. The first-order valence-electron chi connectivity index (χ1n) is 9.18. The molecule has 0 bridgehead atoms. The number of hydrogen-bond donors (Lipinski definition) is 2. The lowest BCUT2D eigenvalue weighted by molar-refractivity contribution is -0.121. The molecule has 0 radical (unpaired) electrons. The molecule has 0 unspecified atom stereocenters. The molecule has 0 spiro atoms. The molecule has 1 aromatic heterocycles. The summed E-state index contributed by atoms with van der Waals surface area (Å²) in [6, 6.07) is 2.51. The Morgan fingerprint density at radius 1 is 1.36 bits per heavy atom. The molecule has 9 heteroatoms. The molecule has 0 aromatic carbocycles. The summed E-state index contributed by atoms with van der Waals surface area (Å²) >= 11 is 3.34. The number of halogens is 3. The van der Waals surface area contributed by atoms with Crippen molar-refractivity contribution in [2.24, 2.45) is 5.92 Å². The van der Waals surface area contributed by atoms with Gasteiger partial charge in [-0.2, -0.15) is 0 Å². The number of carbonyl (C=O) groups excluding carboxylic acids is 2. The number of alkyl halides is 3. The van der Waals surface area contributed by atoms with Crippen molar-refractivity contribution in [3.63, 3.8) is 0 Å². The van der Waals surface area contributed by atoms with Crippen LogP contribution in [0, 0.1) is 5.92 Å². The third-order valence-electron chi connectivity index (χ3n) is 4.42. The lowest BCUT2D eigenvalue weighted by Gasteiger charge is -2.33. The minimum atomic E-state index is -2.73. The van der Waals surface area contributed by atoms with E-state index in [9.17, 15) is 18.4 Å². The van der Waals surface area contributed by atoms with E-state index in [0.29, 0.717) is 11.1 Å². The van der Waals surface area contributed by atoms with Crippen LogP contribution in [0.4, 0.5) is 19.4 Å². The minimum Gasteiger partial charge on any atom is -0.444 e. The molecule has 2 amide bonds. The first-order valence-corrected chi connectivity index (χ1v) is 10.3. The molecule has 1 atom stereocenters. The van der Waals surface area contributed by atoms with Crippen molar-refractivity contribution >= 4 is 33.7 Å². The molecule has 0 saturated heterocycles. The van der Waals surface area contributed by atoms with E-state index < -0.39 is 35.5 Å². The van der Waals surface area contributed by atoms with Crippen LogP contribution in [0.25, 0.3) is 0 Å². The van der Waals surface area contributed by atoms with E-state index in [1.807, 2.05) is 0 Å². The predicted octanol–water partition coefficient (Wildman–Crippen LogP) is 4.63. The predicted molar refractivity (Wildman–Crippen MR) is 106 cm³/mol. The fourth-order valence-electron chi connectivity index (χ4n) is 3.06. The minimum absolute atomic E-state index is 0.135. The number of pyridine rings is 1. The van der Waals surface area contributed by atoms with Gasteiger partial charge in [0.05, 0.1) is 0 Å². The number of amides is 2. The van der Waals surface area contributed by atoms with Crippen molar-refractivity contribution in [3.8, 4) is 0 Å². The molecule has 1 fully saturated rings. The fraction of sp³-hybridized carbons (Fsp3) is 0.632. The van der Waals surface area contributed by atoms with Crippen molar-refractivity contribution in [1.29, 1.82) is 0 Å². The number of nitrogens with one attached hydrogen (secondary N) is 2. The first-order chi connectivity index (χ1) is 13.0. The summed E-state index contributed by atoms with van der Waals surface area (Å²) in [7, 11) is 0. The Labute approximate surface area is 171 Å². The van der Waals surface area contributed by atoms with Crippen molar-refractivity contribution in [3.05, 3.63) is 23.9 Å². The Morgan fingerprint density at radius 2 is 2.00 bits per heavy atom. The van der Waals surface area contributed by atoms with Gasteiger partial charge in [-0.25, -0.2) is 18.6 Å². The average molecular weight is 462 g/mol. The van der Waals surface area contributed by atoms with E-state index >= 15 is 0 Å². The second-order valence-electron chi connectivity index (χ2n) is 7.99. The Bertz CT molecular complexity index is 700. The molecule has 2 rings (SSSR count). The molecule has 1 aliphatic carbocycles. The molecule has 1 aliphatic rings. The Morgan fingerprint density at radius 3 is 2.57 bits per heavy atom. The van der Waals surface area contributed by atoms with E-state index in [-0.39, 0.29) is 25.7 Å². The summed E-state index contributed by atoms with van der Waals surface area (Å²) in [5.41, 5.74) is 0.176. The highest BCUT2D eigenvalue weighted by molar-refractivity contribution is 9.08. The van der Waals surface area contributed by atoms with Crippen molar-refractivity contribution < 1.29 is 23.1 Å². The highest BCUT2D eigenvalue weighted by Crippen LogP contribution is 2.37. The summed E-state index contributed by atoms with van der Waals surface area (Å²) in [5, 5.41) is 5.83. The quantitative estimate of drug-likeness (QED) is 0.626. The van der Waals surface area contributed by atoms with Gasteiger partial charge in [0, 0.05) is 24.4 Å². The zero-order chi connectivity index (χ0) is 20.9. The molecule has 1 aromatic rings. The van der Waals surface area contributed by atoms with Gasteiger partial charge in [-0.05, 0) is 57.2 Å². The SMILES string of the molecule is CC(C)(C)OC(=O)N[C@H](C(=O)Nc1cc(CBr)ccn1)C1CCC(F)(F)CC1. The molecule has 1 heterocycles. The number of aromatic nitrogens is 1. The van der Waals surface area contributed by atoms with Crippen LogP contribution in [0.2, 0.25) is 0 Å². The van der Waals surface area contributed by atoms with E-state index in [2.05, 4.69) is 31.5 Å². The number of alkyl carbamates (subject to hydrolysis) is 1. The number of anilines is 1. The van der Waals surface area contributed by atoms with Crippen LogP contribution < -0.4 is 10.6 Å². The third-order valence-corrected chi connectivity index (χ3v) is 5.07. The number of carbonyl (C=O) groups is 2. The average Bonchev–Trinajstić information content (AvgIpc) is 2.58. The Hall–Kier alpha value is -1.77. The van der Waals surface area contributed by atoms with Gasteiger partial charge in [-0.1, -0.05) is 15.9 Å². The number of hydrogen-bond acceptors (Lipinski definition) is 4. The van der Waals surface area contributed by atoms with Gasteiger partial charge >= 0.3 is 6.09 Å². The maximum atomic E-state index is 13.5. The molecule has 6 nitrogen and oxygen atoms in total. The number of nitrogens with zero attached hydrogens (tertiary/aromatic N) is 1. The highest BCUT2D eigenvalue weighted by Gasteiger charge is 2.40. The van der Waals surface area contributed by atoms with Gasteiger partial charge < -0.3 is 15.4 Å². The summed E-state index contributed by atoms with van der Waals surface area (Å²) in [5.74, 6) is -3.30. The van der Waals surface area contributed by atoms with Gasteiger partial charge in [0.25, 0.3) is 0 Å². The van der Waals surface area contributed by atoms with Crippen molar-refractivity contribution in [2.45, 2.75) is 69.4 Å². The summed E-state index contributed by atoms with van der Waals surface area (Å²) in [4.78, 5) is 29.2. The van der Waals surface area contributed by atoms with Crippen molar-refractivity contribution in [2.75, 3.05) is 5.32 Å². The van der Waals surface area contributed by atoms with Crippen LogP contribution in [-0.2, 0) is 14.9 Å². The molecule has 156 valence electrons. The molecule has 28 heavy (non-hydrogen) atoms. The summed E-state index contributed by atoms with van der Waals surface area (Å²) < 4.78 is 32.3.